The maximum Gasteiger partial charge on any atom is 0.0769 e. The van der Waals surface area contributed by atoms with E-state index in [1.807, 2.05) is 12.1 Å². The maximum absolute atomic E-state index is 4.09. The van der Waals surface area contributed by atoms with Gasteiger partial charge in [-0.05, 0) is 30.9 Å². The fourth-order valence-corrected chi connectivity index (χ4v) is 2.52. The van der Waals surface area contributed by atoms with Crippen molar-refractivity contribution in [2.75, 3.05) is 0 Å². The fraction of sp³-hybridized carbons (Fsp3) is 0.692. The molecule has 3 heteroatoms. The van der Waals surface area contributed by atoms with E-state index in [2.05, 4.69) is 22.4 Å². The summed E-state index contributed by atoms with van der Waals surface area (Å²) in [5.41, 5.74) is 1.04. The van der Waals surface area contributed by atoms with Crippen molar-refractivity contribution in [1.82, 2.24) is 15.5 Å². The van der Waals surface area contributed by atoms with E-state index in [1.165, 1.54) is 32.1 Å². The van der Waals surface area contributed by atoms with Crippen LogP contribution in [0.1, 0.15) is 44.7 Å². The summed E-state index contributed by atoms with van der Waals surface area (Å²) in [6, 6.07) is 4.65. The van der Waals surface area contributed by atoms with Gasteiger partial charge in [-0.15, -0.1) is 0 Å². The van der Waals surface area contributed by atoms with Gasteiger partial charge in [0.25, 0.3) is 0 Å². The molecular formula is C13H21N3. The van der Waals surface area contributed by atoms with Crippen LogP contribution in [-0.4, -0.2) is 16.2 Å². The van der Waals surface area contributed by atoms with Crippen LogP contribution in [0.15, 0.2) is 18.3 Å². The molecule has 0 radical (unpaired) electrons. The Labute approximate surface area is 97.7 Å². The second-order valence-electron chi connectivity index (χ2n) is 4.73. The summed E-state index contributed by atoms with van der Waals surface area (Å²) in [5.74, 6) is 0.924. The van der Waals surface area contributed by atoms with Crippen molar-refractivity contribution in [3.05, 3.63) is 24.0 Å². The number of nitrogens with zero attached hydrogens (tertiary/aromatic N) is 2. The molecule has 1 aliphatic rings. The Bertz CT molecular complexity index is 299. The zero-order valence-electron chi connectivity index (χ0n) is 10.0. The van der Waals surface area contributed by atoms with E-state index in [9.17, 15) is 0 Å². The number of rotatable bonds is 4. The molecule has 1 aromatic rings. The molecule has 2 rings (SSSR count). The molecule has 1 aromatic heterocycles. The van der Waals surface area contributed by atoms with E-state index in [4.69, 9.17) is 0 Å². The highest BCUT2D eigenvalue weighted by molar-refractivity contribution is 4.98. The first-order valence-corrected chi connectivity index (χ1v) is 6.38. The maximum atomic E-state index is 4.09. The summed E-state index contributed by atoms with van der Waals surface area (Å²) in [6.07, 6.45) is 8.48. The normalized spacial score (nSPS) is 25.6. The van der Waals surface area contributed by atoms with Gasteiger partial charge in [0.05, 0.1) is 5.69 Å². The molecule has 0 aliphatic heterocycles. The summed E-state index contributed by atoms with van der Waals surface area (Å²) < 4.78 is 0. The molecule has 1 fully saturated rings. The number of hydrogen-bond acceptors (Lipinski definition) is 3. The van der Waals surface area contributed by atoms with Crippen LogP contribution in [0.5, 0.6) is 0 Å². The molecule has 88 valence electrons. The van der Waals surface area contributed by atoms with Gasteiger partial charge in [0.1, 0.15) is 0 Å². The molecule has 0 spiro atoms. The third-order valence-electron chi connectivity index (χ3n) is 3.56. The summed E-state index contributed by atoms with van der Waals surface area (Å²) >= 11 is 0. The van der Waals surface area contributed by atoms with Crippen molar-refractivity contribution in [3.8, 4) is 0 Å². The highest BCUT2D eigenvalue weighted by atomic mass is 15.1. The molecule has 2 atom stereocenters. The molecule has 0 aromatic carbocycles. The monoisotopic (exact) mass is 219 g/mol. The highest BCUT2D eigenvalue weighted by Gasteiger charge is 2.19. The minimum atomic E-state index is 0.681. The van der Waals surface area contributed by atoms with Gasteiger partial charge < -0.3 is 5.32 Å². The summed E-state index contributed by atoms with van der Waals surface area (Å²) in [5, 5.41) is 11.6. The largest absolute Gasteiger partial charge is 0.308 e. The molecule has 1 aliphatic carbocycles. The van der Waals surface area contributed by atoms with Crippen LogP contribution < -0.4 is 5.32 Å². The quantitative estimate of drug-likeness (QED) is 0.845. The minimum absolute atomic E-state index is 0.681. The third kappa shape index (κ3) is 3.27. The van der Waals surface area contributed by atoms with Crippen molar-refractivity contribution >= 4 is 0 Å². The zero-order valence-corrected chi connectivity index (χ0v) is 10.0. The zero-order chi connectivity index (χ0) is 11.2. The Balaban J connectivity index is 1.77. The average Bonchev–Trinajstić information content (AvgIpc) is 2.38. The van der Waals surface area contributed by atoms with Crippen molar-refractivity contribution in [2.24, 2.45) is 5.92 Å². The third-order valence-corrected chi connectivity index (χ3v) is 3.56. The molecule has 1 N–H and O–H groups in total. The van der Waals surface area contributed by atoms with Crippen LogP contribution in [0, 0.1) is 5.92 Å². The Kier molecular flexibility index (Phi) is 4.28. The van der Waals surface area contributed by atoms with Crippen LogP contribution in [-0.2, 0) is 6.54 Å². The summed E-state index contributed by atoms with van der Waals surface area (Å²) in [6.45, 7) is 3.16. The van der Waals surface area contributed by atoms with Crippen molar-refractivity contribution in [3.63, 3.8) is 0 Å². The Morgan fingerprint density at radius 2 is 2.38 bits per heavy atom. The molecule has 3 nitrogen and oxygen atoms in total. The summed E-state index contributed by atoms with van der Waals surface area (Å²) in [7, 11) is 0. The topological polar surface area (TPSA) is 37.8 Å². The molecule has 16 heavy (non-hydrogen) atoms. The van der Waals surface area contributed by atoms with Gasteiger partial charge in [-0.1, -0.05) is 26.2 Å². The fourth-order valence-electron chi connectivity index (χ4n) is 2.52. The lowest BCUT2D eigenvalue weighted by molar-refractivity contribution is 0.277. The van der Waals surface area contributed by atoms with E-state index in [-0.39, 0.29) is 0 Å². The predicted molar refractivity (Wildman–Crippen MR) is 64.9 cm³/mol. The molecular weight excluding hydrogens is 198 g/mol. The number of aromatic nitrogens is 2. The van der Waals surface area contributed by atoms with Crippen LogP contribution in [0.3, 0.4) is 0 Å². The average molecular weight is 219 g/mol. The van der Waals surface area contributed by atoms with E-state index in [1.54, 1.807) is 6.20 Å². The van der Waals surface area contributed by atoms with Gasteiger partial charge in [0, 0.05) is 18.8 Å². The SMILES string of the molecule is CCC1CCCC(NCc2cccnn2)C1. The Morgan fingerprint density at radius 3 is 3.12 bits per heavy atom. The lowest BCUT2D eigenvalue weighted by atomic mass is 9.84. The van der Waals surface area contributed by atoms with Crippen molar-refractivity contribution in [1.29, 1.82) is 0 Å². The lowest BCUT2D eigenvalue weighted by Crippen LogP contribution is -2.33. The van der Waals surface area contributed by atoms with E-state index in [0.717, 1.165) is 18.2 Å². The van der Waals surface area contributed by atoms with Crippen LogP contribution in [0.25, 0.3) is 0 Å². The molecule has 0 amide bonds. The molecule has 2 unspecified atom stereocenters. The number of nitrogens with one attached hydrogen (secondary N) is 1. The van der Waals surface area contributed by atoms with Gasteiger partial charge in [0.15, 0.2) is 0 Å². The lowest BCUT2D eigenvalue weighted by Gasteiger charge is -2.29. The summed E-state index contributed by atoms with van der Waals surface area (Å²) in [4.78, 5) is 0. The first-order chi connectivity index (χ1) is 7.88. The van der Waals surface area contributed by atoms with Gasteiger partial charge >= 0.3 is 0 Å². The van der Waals surface area contributed by atoms with Gasteiger partial charge in [-0.2, -0.15) is 10.2 Å². The van der Waals surface area contributed by atoms with Gasteiger partial charge in [-0.3, -0.25) is 0 Å². The second kappa shape index (κ2) is 5.94. The Hall–Kier alpha value is -0.960. The van der Waals surface area contributed by atoms with Crippen molar-refractivity contribution in [2.45, 2.75) is 51.6 Å². The highest BCUT2D eigenvalue weighted by Crippen LogP contribution is 2.26. The second-order valence-corrected chi connectivity index (χ2v) is 4.73. The minimum Gasteiger partial charge on any atom is -0.308 e. The molecule has 1 heterocycles. The predicted octanol–water partition coefficient (Wildman–Crippen LogP) is 2.54. The standard InChI is InChI=1S/C13H21N3/c1-2-11-5-3-6-12(9-11)14-10-13-7-4-8-15-16-13/h4,7-8,11-12,14H,2-3,5-6,9-10H2,1H3. The van der Waals surface area contributed by atoms with E-state index < -0.39 is 0 Å². The van der Waals surface area contributed by atoms with E-state index in [0.29, 0.717) is 6.04 Å². The smallest absolute Gasteiger partial charge is 0.0769 e. The van der Waals surface area contributed by atoms with Crippen LogP contribution in [0.4, 0.5) is 0 Å². The first-order valence-electron chi connectivity index (χ1n) is 6.38. The first kappa shape index (κ1) is 11.5. The Morgan fingerprint density at radius 1 is 1.44 bits per heavy atom. The van der Waals surface area contributed by atoms with Crippen molar-refractivity contribution < 1.29 is 0 Å². The van der Waals surface area contributed by atoms with Crippen LogP contribution >= 0.6 is 0 Å². The number of hydrogen-bond donors (Lipinski definition) is 1. The molecule has 0 saturated heterocycles. The van der Waals surface area contributed by atoms with E-state index >= 15 is 0 Å². The molecule has 1 saturated carbocycles. The van der Waals surface area contributed by atoms with Gasteiger partial charge in [-0.25, -0.2) is 0 Å². The van der Waals surface area contributed by atoms with Crippen LogP contribution in [0.2, 0.25) is 0 Å². The van der Waals surface area contributed by atoms with Gasteiger partial charge in [0.2, 0.25) is 0 Å². The molecule has 0 bridgehead atoms.